The van der Waals surface area contributed by atoms with Crippen LogP contribution in [-0.2, 0) is 0 Å². The van der Waals surface area contributed by atoms with E-state index in [-0.39, 0.29) is 5.75 Å². The highest BCUT2D eigenvalue weighted by Crippen LogP contribution is 2.34. The van der Waals surface area contributed by atoms with E-state index < -0.39 is 0 Å². The van der Waals surface area contributed by atoms with Gasteiger partial charge in [0.15, 0.2) is 0 Å². The van der Waals surface area contributed by atoms with Gasteiger partial charge in [-0.1, -0.05) is 24.3 Å². The van der Waals surface area contributed by atoms with Crippen molar-refractivity contribution in [2.75, 3.05) is 7.11 Å². The molecule has 3 rings (SSSR count). The predicted molar refractivity (Wildman–Crippen MR) is 69.7 cm³/mol. The minimum absolute atomic E-state index is 0.289. The van der Waals surface area contributed by atoms with Crippen LogP contribution in [0.15, 0.2) is 48.5 Å². The third-order valence-electron chi connectivity index (χ3n) is 3.05. The summed E-state index contributed by atoms with van der Waals surface area (Å²) in [5.74, 6) is 1.04. The Balaban J connectivity index is 2.49. The maximum atomic E-state index is 10.0. The van der Waals surface area contributed by atoms with Crippen LogP contribution in [0.1, 0.15) is 0 Å². The Bertz CT molecular complexity index is 702. The molecule has 0 bridgehead atoms. The molecule has 2 heteroatoms. The fourth-order valence-electron chi connectivity index (χ4n) is 2.19. The molecule has 0 amide bonds. The Kier molecular flexibility index (Phi) is 2.15. The molecule has 0 aromatic heterocycles. The molecule has 1 N–H and O–H groups in total. The minimum atomic E-state index is 0.289. The number of fused-ring (bicyclic) bond motifs is 3. The molecule has 0 heterocycles. The molecule has 0 atom stereocenters. The molecule has 3 aromatic rings. The van der Waals surface area contributed by atoms with E-state index in [9.17, 15) is 5.11 Å². The summed E-state index contributed by atoms with van der Waals surface area (Å²) in [7, 11) is 1.62. The van der Waals surface area contributed by atoms with Gasteiger partial charge in [-0.3, -0.25) is 0 Å². The highest BCUT2D eigenvalue weighted by atomic mass is 16.5. The van der Waals surface area contributed by atoms with E-state index in [0.717, 1.165) is 27.3 Å². The second kappa shape index (κ2) is 3.67. The van der Waals surface area contributed by atoms with E-state index in [2.05, 4.69) is 6.07 Å². The number of hydrogen-bond acceptors (Lipinski definition) is 2. The smallest absolute Gasteiger partial charge is 0.124 e. The molecule has 0 aliphatic rings. The van der Waals surface area contributed by atoms with Crippen LogP contribution in [0.5, 0.6) is 11.5 Å². The molecule has 0 aliphatic carbocycles. The third-order valence-corrected chi connectivity index (χ3v) is 3.05. The predicted octanol–water partition coefficient (Wildman–Crippen LogP) is 3.71. The van der Waals surface area contributed by atoms with Crippen molar-refractivity contribution in [3.63, 3.8) is 0 Å². The first-order chi connectivity index (χ1) is 8.29. The fraction of sp³-hybridized carbons (Fsp3) is 0.0667. The second-order valence-electron chi connectivity index (χ2n) is 4.03. The van der Waals surface area contributed by atoms with Crippen LogP contribution < -0.4 is 4.74 Å². The summed E-state index contributed by atoms with van der Waals surface area (Å²) in [6.07, 6.45) is 0. The van der Waals surface area contributed by atoms with Gasteiger partial charge in [-0.15, -0.1) is 0 Å². The number of aromatic hydroxyl groups is 1. The van der Waals surface area contributed by atoms with Crippen molar-refractivity contribution in [1.82, 2.24) is 0 Å². The summed E-state index contributed by atoms with van der Waals surface area (Å²) < 4.78 is 5.18. The van der Waals surface area contributed by atoms with Crippen LogP contribution in [-0.4, -0.2) is 12.2 Å². The number of ether oxygens (including phenoxy) is 1. The van der Waals surface area contributed by atoms with E-state index in [1.54, 1.807) is 13.2 Å². The van der Waals surface area contributed by atoms with Crippen LogP contribution in [0.3, 0.4) is 0 Å². The lowest BCUT2D eigenvalue weighted by Crippen LogP contribution is -1.84. The number of benzene rings is 3. The van der Waals surface area contributed by atoms with Crippen molar-refractivity contribution >= 4 is 21.5 Å². The van der Waals surface area contributed by atoms with Crippen LogP contribution in [0, 0.1) is 0 Å². The van der Waals surface area contributed by atoms with Crippen LogP contribution >= 0.6 is 0 Å². The van der Waals surface area contributed by atoms with Gasteiger partial charge in [0.25, 0.3) is 0 Å². The summed E-state index contributed by atoms with van der Waals surface area (Å²) in [6, 6.07) is 15.6. The van der Waals surface area contributed by atoms with Gasteiger partial charge in [0.1, 0.15) is 11.5 Å². The highest BCUT2D eigenvalue weighted by molar-refractivity contribution is 6.10. The van der Waals surface area contributed by atoms with E-state index >= 15 is 0 Å². The molecule has 0 saturated carbocycles. The molecular formula is C15H12O2. The van der Waals surface area contributed by atoms with Gasteiger partial charge in [0, 0.05) is 5.39 Å². The monoisotopic (exact) mass is 224 g/mol. The summed E-state index contributed by atoms with van der Waals surface area (Å²) >= 11 is 0. The lowest BCUT2D eigenvalue weighted by Gasteiger charge is -2.08. The first-order valence-corrected chi connectivity index (χ1v) is 5.48. The molecule has 2 nitrogen and oxygen atoms in total. The normalized spacial score (nSPS) is 10.9. The second-order valence-corrected chi connectivity index (χ2v) is 4.03. The molecular weight excluding hydrogens is 212 g/mol. The van der Waals surface area contributed by atoms with Gasteiger partial charge in [0.05, 0.1) is 7.11 Å². The van der Waals surface area contributed by atoms with Gasteiger partial charge in [-0.2, -0.15) is 0 Å². The quantitative estimate of drug-likeness (QED) is 0.638. The van der Waals surface area contributed by atoms with Crippen molar-refractivity contribution in [3.8, 4) is 11.5 Å². The van der Waals surface area contributed by atoms with Crippen molar-refractivity contribution in [2.24, 2.45) is 0 Å². The van der Waals surface area contributed by atoms with E-state index in [4.69, 9.17) is 4.74 Å². The van der Waals surface area contributed by atoms with Crippen molar-refractivity contribution in [2.45, 2.75) is 0 Å². The molecule has 0 aliphatic heterocycles. The maximum absolute atomic E-state index is 10.0. The van der Waals surface area contributed by atoms with Gasteiger partial charge < -0.3 is 9.84 Å². The lowest BCUT2D eigenvalue weighted by atomic mass is 10.0. The van der Waals surface area contributed by atoms with Crippen LogP contribution in [0.2, 0.25) is 0 Å². The van der Waals surface area contributed by atoms with Crippen LogP contribution in [0.25, 0.3) is 21.5 Å². The van der Waals surface area contributed by atoms with Gasteiger partial charge >= 0.3 is 0 Å². The van der Waals surface area contributed by atoms with E-state index in [1.165, 1.54) is 0 Å². The zero-order valence-corrected chi connectivity index (χ0v) is 9.47. The Labute approximate surface area is 99.1 Å². The molecule has 0 radical (unpaired) electrons. The first-order valence-electron chi connectivity index (χ1n) is 5.48. The topological polar surface area (TPSA) is 29.5 Å². The number of phenols is 1. The Hall–Kier alpha value is -2.22. The summed E-state index contributed by atoms with van der Waals surface area (Å²) in [4.78, 5) is 0. The molecule has 0 saturated heterocycles. The number of rotatable bonds is 1. The molecule has 84 valence electrons. The van der Waals surface area contributed by atoms with E-state index in [0.29, 0.717) is 0 Å². The average molecular weight is 224 g/mol. The zero-order valence-electron chi connectivity index (χ0n) is 9.47. The molecule has 0 fully saturated rings. The minimum Gasteiger partial charge on any atom is -0.507 e. The van der Waals surface area contributed by atoms with Crippen molar-refractivity contribution < 1.29 is 9.84 Å². The van der Waals surface area contributed by atoms with Gasteiger partial charge in [0.2, 0.25) is 0 Å². The van der Waals surface area contributed by atoms with Crippen molar-refractivity contribution in [3.05, 3.63) is 48.5 Å². The SMILES string of the molecule is COc1ccc2c(c1)c(O)cc1ccccc12. The van der Waals surface area contributed by atoms with E-state index in [1.807, 2.05) is 36.4 Å². The van der Waals surface area contributed by atoms with Crippen molar-refractivity contribution in [1.29, 1.82) is 0 Å². The molecule has 0 spiro atoms. The number of methoxy groups -OCH3 is 1. The zero-order chi connectivity index (χ0) is 11.8. The van der Waals surface area contributed by atoms with Gasteiger partial charge in [-0.25, -0.2) is 0 Å². The number of phenolic OH excluding ortho intramolecular Hbond substituents is 1. The Morgan fingerprint density at radius 3 is 2.53 bits per heavy atom. The largest absolute Gasteiger partial charge is 0.507 e. The summed E-state index contributed by atoms with van der Waals surface area (Å²) in [5.41, 5.74) is 0. The van der Waals surface area contributed by atoms with Crippen LogP contribution in [0.4, 0.5) is 0 Å². The first kappa shape index (κ1) is 9.97. The van der Waals surface area contributed by atoms with Gasteiger partial charge in [-0.05, 0) is 40.4 Å². The standard InChI is InChI=1S/C15H12O2/c1-17-11-6-7-13-12-5-3-2-4-10(12)8-15(16)14(13)9-11/h2-9,16H,1H3. The summed E-state index contributed by atoms with van der Waals surface area (Å²) in [6.45, 7) is 0. The molecule has 3 aromatic carbocycles. The fourth-order valence-corrected chi connectivity index (χ4v) is 2.19. The average Bonchev–Trinajstić information content (AvgIpc) is 2.38. The highest BCUT2D eigenvalue weighted by Gasteiger charge is 2.06. The molecule has 0 unspecified atom stereocenters. The Morgan fingerprint density at radius 2 is 1.71 bits per heavy atom. The third kappa shape index (κ3) is 1.49. The summed E-state index contributed by atoms with van der Waals surface area (Å²) in [5, 5.41) is 14.1. The number of hydrogen-bond donors (Lipinski definition) is 1. The lowest BCUT2D eigenvalue weighted by molar-refractivity contribution is 0.415. The Morgan fingerprint density at radius 1 is 0.882 bits per heavy atom. The molecule has 17 heavy (non-hydrogen) atoms. The maximum Gasteiger partial charge on any atom is 0.124 e.